The lowest BCUT2D eigenvalue weighted by atomic mass is 10.1. The van der Waals surface area contributed by atoms with Crippen LogP contribution in [0.25, 0.3) is 10.2 Å². The molecule has 6 nitrogen and oxygen atoms in total. The summed E-state index contributed by atoms with van der Waals surface area (Å²) in [5, 5.41) is 16.1. The van der Waals surface area contributed by atoms with E-state index in [1.165, 1.54) is 23.7 Å². The summed E-state index contributed by atoms with van der Waals surface area (Å²) in [5.41, 5.74) is 2.05. The van der Waals surface area contributed by atoms with Crippen LogP contribution >= 0.6 is 27.3 Å². The Balaban J connectivity index is 2.13. The van der Waals surface area contributed by atoms with E-state index >= 15 is 0 Å². The molecule has 0 bridgehead atoms. The third-order valence-electron chi connectivity index (χ3n) is 3.00. The van der Waals surface area contributed by atoms with Gasteiger partial charge in [0.25, 0.3) is 5.69 Å². The van der Waals surface area contributed by atoms with Crippen molar-refractivity contribution < 1.29 is 4.92 Å². The Morgan fingerprint density at radius 3 is 2.95 bits per heavy atom. The molecule has 3 aromatic rings. The highest BCUT2D eigenvalue weighted by atomic mass is 79.9. The van der Waals surface area contributed by atoms with Gasteiger partial charge in [-0.05, 0) is 28.4 Å². The minimum absolute atomic E-state index is 0.0254. The average Bonchev–Trinajstić information content (AvgIpc) is 2.84. The first-order valence-corrected chi connectivity index (χ1v) is 7.64. The molecule has 0 saturated heterocycles. The van der Waals surface area contributed by atoms with E-state index in [-0.39, 0.29) is 5.69 Å². The van der Waals surface area contributed by atoms with Gasteiger partial charge in [-0.15, -0.1) is 11.3 Å². The van der Waals surface area contributed by atoms with Crippen LogP contribution in [0, 0.1) is 17.0 Å². The van der Waals surface area contributed by atoms with Gasteiger partial charge in [0.2, 0.25) is 0 Å². The van der Waals surface area contributed by atoms with Gasteiger partial charge in [0.1, 0.15) is 17.5 Å². The fraction of sp³-hybridized carbons (Fsp3) is 0.0769. The number of thiophene rings is 1. The number of benzene rings is 1. The molecule has 2 heterocycles. The lowest BCUT2D eigenvalue weighted by Gasteiger charge is -2.09. The number of aromatic nitrogens is 2. The smallest absolute Gasteiger partial charge is 0.292 e. The number of hydrogen-bond donors (Lipinski definition) is 1. The topological polar surface area (TPSA) is 81.0 Å². The number of anilines is 2. The van der Waals surface area contributed by atoms with Crippen LogP contribution in [0.1, 0.15) is 5.56 Å². The molecule has 1 N–H and O–H groups in total. The fourth-order valence-corrected chi connectivity index (χ4v) is 3.53. The monoisotopic (exact) mass is 364 g/mol. The number of nitro groups is 1. The highest BCUT2D eigenvalue weighted by molar-refractivity contribution is 9.10. The van der Waals surface area contributed by atoms with Gasteiger partial charge < -0.3 is 5.32 Å². The normalized spacial score (nSPS) is 10.8. The van der Waals surface area contributed by atoms with Crippen molar-refractivity contribution >= 4 is 54.7 Å². The maximum atomic E-state index is 11.2. The zero-order valence-corrected chi connectivity index (χ0v) is 13.2. The van der Waals surface area contributed by atoms with E-state index in [1.807, 2.05) is 18.4 Å². The van der Waals surface area contributed by atoms with Gasteiger partial charge in [0.15, 0.2) is 5.82 Å². The molecule has 106 valence electrons. The Kier molecular flexibility index (Phi) is 3.56. The Hall–Kier alpha value is -2.06. The molecule has 0 aliphatic rings. The maximum absolute atomic E-state index is 11.2. The van der Waals surface area contributed by atoms with E-state index in [1.54, 1.807) is 6.07 Å². The molecule has 8 heteroatoms. The van der Waals surface area contributed by atoms with Crippen molar-refractivity contribution in [3.63, 3.8) is 0 Å². The minimum atomic E-state index is -0.405. The molecule has 3 rings (SSSR count). The number of hydrogen-bond acceptors (Lipinski definition) is 6. The molecular formula is C13H9BrN4O2S. The zero-order chi connectivity index (χ0) is 15.0. The molecule has 1 aromatic carbocycles. The molecule has 0 fully saturated rings. The second kappa shape index (κ2) is 5.38. The van der Waals surface area contributed by atoms with Crippen molar-refractivity contribution in [1.29, 1.82) is 0 Å². The van der Waals surface area contributed by atoms with Crippen molar-refractivity contribution in [2.45, 2.75) is 6.92 Å². The minimum Gasteiger partial charge on any atom is -0.333 e. The number of nitrogens with zero attached hydrogens (tertiary/aromatic N) is 3. The molecule has 0 saturated carbocycles. The second-order valence-electron chi connectivity index (χ2n) is 4.33. The lowest BCUT2D eigenvalue weighted by molar-refractivity contribution is -0.384. The molecule has 0 amide bonds. The summed E-state index contributed by atoms with van der Waals surface area (Å²) in [6.07, 6.45) is 1.44. The first-order valence-electron chi connectivity index (χ1n) is 5.96. The highest BCUT2D eigenvalue weighted by Gasteiger charge is 2.18. The van der Waals surface area contributed by atoms with E-state index in [9.17, 15) is 10.1 Å². The average molecular weight is 365 g/mol. The van der Waals surface area contributed by atoms with Gasteiger partial charge in [-0.1, -0.05) is 12.1 Å². The van der Waals surface area contributed by atoms with Gasteiger partial charge >= 0.3 is 0 Å². The van der Waals surface area contributed by atoms with Crippen molar-refractivity contribution in [3.05, 3.63) is 50.1 Å². The first kappa shape index (κ1) is 13.9. The SMILES string of the molecule is Cc1cccc([N+](=O)[O-])c1Nc1ncnc2c(Br)csc12. The van der Waals surface area contributed by atoms with Crippen LogP contribution in [-0.2, 0) is 0 Å². The number of para-hydroxylation sites is 1. The first-order chi connectivity index (χ1) is 10.1. The predicted octanol–water partition coefficient (Wildman–Crippen LogP) is 4.41. The van der Waals surface area contributed by atoms with Crippen LogP contribution in [0.3, 0.4) is 0 Å². The second-order valence-corrected chi connectivity index (χ2v) is 6.07. The number of rotatable bonds is 3. The molecule has 0 radical (unpaired) electrons. The summed E-state index contributed by atoms with van der Waals surface area (Å²) >= 11 is 4.90. The van der Waals surface area contributed by atoms with Gasteiger partial charge in [0.05, 0.1) is 14.1 Å². The Bertz CT molecular complexity index is 849. The molecule has 0 atom stereocenters. The summed E-state index contributed by atoms with van der Waals surface area (Å²) < 4.78 is 1.73. The van der Waals surface area contributed by atoms with Crippen LogP contribution < -0.4 is 5.32 Å². The van der Waals surface area contributed by atoms with E-state index < -0.39 is 4.92 Å². The van der Waals surface area contributed by atoms with E-state index in [2.05, 4.69) is 31.2 Å². The fourth-order valence-electron chi connectivity index (χ4n) is 2.00. The molecule has 0 spiro atoms. The van der Waals surface area contributed by atoms with Crippen molar-refractivity contribution in [1.82, 2.24) is 9.97 Å². The summed E-state index contributed by atoms with van der Waals surface area (Å²) in [4.78, 5) is 19.2. The van der Waals surface area contributed by atoms with Gasteiger partial charge in [0, 0.05) is 11.4 Å². The number of halogens is 1. The van der Waals surface area contributed by atoms with Crippen LogP contribution in [-0.4, -0.2) is 14.9 Å². The third kappa shape index (κ3) is 2.47. The van der Waals surface area contributed by atoms with Crippen molar-refractivity contribution in [2.75, 3.05) is 5.32 Å². The Morgan fingerprint density at radius 1 is 1.38 bits per heavy atom. The molecule has 0 aliphatic heterocycles. The van der Waals surface area contributed by atoms with Crippen molar-refractivity contribution in [3.8, 4) is 0 Å². The highest BCUT2D eigenvalue weighted by Crippen LogP contribution is 2.36. The number of nitrogens with one attached hydrogen (secondary N) is 1. The summed E-state index contributed by atoms with van der Waals surface area (Å²) in [5.74, 6) is 0.563. The zero-order valence-electron chi connectivity index (χ0n) is 10.8. The van der Waals surface area contributed by atoms with Crippen LogP contribution in [0.15, 0.2) is 34.4 Å². The number of fused-ring (bicyclic) bond motifs is 1. The Labute approximate surface area is 132 Å². The van der Waals surface area contributed by atoms with Gasteiger partial charge in [-0.2, -0.15) is 0 Å². The third-order valence-corrected chi connectivity index (χ3v) is 4.88. The lowest BCUT2D eigenvalue weighted by Crippen LogP contribution is -2.01. The number of aryl methyl sites for hydroxylation is 1. The Morgan fingerprint density at radius 2 is 2.19 bits per heavy atom. The standard InChI is InChI=1S/C13H9BrN4O2S/c1-7-3-2-4-9(18(19)20)10(7)17-13-12-11(15-6-16-13)8(14)5-21-12/h2-6H,1H3,(H,15,16,17). The van der Waals surface area contributed by atoms with Crippen LogP contribution in [0.2, 0.25) is 0 Å². The van der Waals surface area contributed by atoms with E-state index in [4.69, 9.17) is 0 Å². The molecule has 0 unspecified atom stereocenters. The molecule has 2 aromatic heterocycles. The molecule has 0 aliphatic carbocycles. The number of nitro benzene ring substituents is 1. The molecular weight excluding hydrogens is 356 g/mol. The summed E-state index contributed by atoms with van der Waals surface area (Å²) in [6.45, 7) is 1.82. The summed E-state index contributed by atoms with van der Waals surface area (Å²) in [6, 6.07) is 4.95. The van der Waals surface area contributed by atoms with Crippen molar-refractivity contribution in [2.24, 2.45) is 0 Å². The van der Waals surface area contributed by atoms with E-state index in [0.717, 1.165) is 20.3 Å². The van der Waals surface area contributed by atoms with E-state index in [0.29, 0.717) is 11.5 Å². The van der Waals surface area contributed by atoms with Gasteiger partial charge in [-0.3, -0.25) is 10.1 Å². The predicted molar refractivity (Wildman–Crippen MR) is 86.2 cm³/mol. The molecule has 21 heavy (non-hydrogen) atoms. The van der Waals surface area contributed by atoms with Crippen LogP contribution in [0.5, 0.6) is 0 Å². The van der Waals surface area contributed by atoms with Crippen LogP contribution in [0.4, 0.5) is 17.2 Å². The maximum Gasteiger partial charge on any atom is 0.292 e. The summed E-state index contributed by atoms with van der Waals surface area (Å²) in [7, 11) is 0. The quantitative estimate of drug-likeness (QED) is 0.549. The largest absolute Gasteiger partial charge is 0.333 e. The van der Waals surface area contributed by atoms with Gasteiger partial charge in [-0.25, -0.2) is 9.97 Å².